The van der Waals surface area contributed by atoms with Gasteiger partial charge in [0, 0.05) is 24.8 Å². The lowest BCUT2D eigenvalue weighted by Crippen LogP contribution is -2.28. The molecule has 0 aromatic carbocycles. The van der Waals surface area contributed by atoms with Crippen molar-refractivity contribution in [3.8, 4) is 0 Å². The van der Waals surface area contributed by atoms with Gasteiger partial charge in [0.15, 0.2) is 0 Å². The third kappa shape index (κ3) is 2.62. The molecule has 1 aliphatic rings. The predicted octanol–water partition coefficient (Wildman–Crippen LogP) is 1.71. The van der Waals surface area contributed by atoms with E-state index in [1.54, 1.807) is 6.07 Å². The molecule has 88 valence electrons. The van der Waals surface area contributed by atoms with Crippen molar-refractivity contribution in [3.63, 3.8) is 0 Å². The first-order chi connectivity index (χ1) is 7.79. The van der Waals surface area contributed by atoms with E-state index in [1.807, 2.05) is 6.92 Å². The van der Waals surface area contributed by atoms with Gasteiger partial charge in [0.1, 0.15) is 0 Å². The average Bonchev–Trinajstić information content (AvgIpc) is 2.56. The molecule has 4 heteroatoms. The molecule has 1 aliphatic heterocycles. The molecule has 0 saturated carbocycles. The van der Waals surface area contributed by atoms with E-state index in [9.17, 15) is 4.79 Å². The van der Waals surface area contributed by atoms with Crippen molar-refractivity contribution in [2.24, 2.45) is 0 Å². The molecule has 1 saturated heterocycles. The topological polar surface area (TPSA) is 49.0 Å². The number of hydrogen-bond donors (Lipinski definition) is 1. The van der Waals surface area contributed by atoms with E-state index < -0.39 is 0 Å². The molecular formula is C12H19N3O. The van der Waals surface area contributed by atoms with Crippen molar-refractivity contribution in [2.45, 2.75) is 39.0 Å². The molecule has 0 spiro atoms. The molecular weight excluding hydrogens is 202 g/mol. The Morgan fingerprint density at radius 1 is 1.31 bits per heavy atom. The highest BCUT2D eigenvalue weighted by Gasteiger charge is 2.12. The Kier molecular flexibility index (Phi) is 3.59. The van der Waals surface area contributed by atoms with Crippen LogP contribution in [0.1, 0.15) is 38.3 Å². The molecule has 0 atom stereocenters. The summed E-state index contributed by atoms with van der Waals surface area (Å²) >= 11 is 0. The van der Waals surface area contributed by atoms with Crippen molar-refractivity contribution in [1.29, 1.82) is 0 Å². The number of hydrogen-bond acceptors (Lipinski definition) is 3. The first-order valence-corrected chi connectivity index (χ1v) is 6.15. The fourth-order valence-corrected chi connectivity index (χ4v) is 2.11. The molecule has 0 amide bonds. The molecule has 1 aromatic rings. The monoisotopic (exact) mass is 221 g/mol. The number of H-pyrrole nitrogens is 1. The summed E-state index contributed by atoms with van der Waals surface area (Å²) in [4.78, 5) is 21.0. The summed E-state index contributed by atoms with van der Waals surface area (Å²) < 4.78 is 0. The lowest BCUT2D eigenvalue weighted by atomic mass is 10.2. The van der Waals surface area contributed by atoms with Crippen LogP contribution in [0.5, 0.6) is 0 Å². The molecule has 2 rings (SSSR count). The number of nitrogens with zero attached hydrogens (tertiary/aromatic N) is 2. The second kappa shape index (κ2) is 5.14. The van der Waals surface area contributed by atoms with Gasteiger partial charge in [-0.25, -0.2) is 4.98 Å². The summed E-state index contributed by atoms with van der Waals surface area (Å²) in [5, 5.41) is 0. The fourth-order valence-electron chi connectivity index (χ4n) is 2.11. The molecule has 0 radical (unpaired) electrons. The highest BCUT2D eigenvalue weighted by molar-refractivity contribution is 5.30. The Morgan fingerprint density at radius 3 is 2.62 bits per heavy atom. The van der Waals surface area contributed by atoms with Gasteiger partial charge in [0.05, 0.1) is 0 Å². The Morgan fingerprint density at radius 2 is 2.00 bits per heavy atom. The van der Waals surface area contributed by atoms with Crippen LogP contribution in [0.15, 0.2) is 10.9 Å². The molecule has 4 nitrogen and oxygen atoms in total. The molecule has 0 aliphatic carbocycles. The molecule has 1 aromatic heterocycles. The van der Waals surface area contributed by atoms with Crippen LogP contribution in [0, 0.1) is 0 Å². The lowest BCUT2D eigenvalue weighted by Gasteiger charge is -2.20. The number of nitrogens with one attached hydrogen (secondary N) is 1. The minimum atomic E-state index is -0.0360. The van der Waals surface area contributed by atoms with Gasteiger partial charge in [-0.1, -0.05) is 19.8 Å². The van der Waals surface area contributed by atoms with Crippen LogP contribution in [0.2, 0.25) is 0 Å². The maximum absolute atomic E-state index is 11.5. The standard InChI is InChI=1S/C12H19N3O/c1-2-10-9-11(16)14-12(13-10)15-7-5-3-4-6-8-15/h9H,2-8H2,1H3,(H,13,14,16). The van der Waals surface area contributed by atoms with Crippen LogP contribution in [-0.2, 0) is 6.42 Å². The first kappa shape index (κ1) is 11.2. The summed E-state index contributed by atoms with van der Waals surface area (Å²) in [5.41, 5.74) is 0.842. The fraction of sp³-hybridized carbons (Fsp3) is 0.667. The zero-order valence-electron chi connectivity index (χ0n) is 9.83. The third-order valence-electron chi connectivity index (χ3n) is 3.05. The first-order valence-electron chi connectivity index (χ1n) is 6.15. The summed E-state index contributed by atoms with van der Waals surface area (Å²) in [6.07, 6.45) is 5.77. The lowest BCUT2D eigenvalue weighted by molar-refractivity contribution is 0.726. The van der Waals surface area contributed by atoms with Crippen molar-refractivity contribution in [3.05, 3.63) is 22.1 Å². The van der Waals surface area contributed by atoms with Crippen LogP contribution in [0.4, 0.5) is 5.95 Å². The Balaban J connectivity index is 2.23. The minimum Gasteiger partial charge on any atom is -0.342 e. The summed E-state index contributed by atoms with van der Waals surface area (Å²) in [5.74, 6) is 0.756. The van der Waals surface area contributed by atoms with Crippen molar-refractivity contribution in [1.82, 2.24) is 9.97 Å². The van der Waals surface area contributed by atoms with E-state index in [2.05, 4.69) is 14.9 Å². The van der Waals surface area contributed by atoms with Crippen LogP contribution in [0.3, 0.4) is 0 Å². The van der Waals surface area contributed by atoms with Crippen molar-refractivity contribution < 1.29 is 0 Å². The van der Waals surface area contributed by atoms with E-state index in [1.165, 1.54) is 25.7 Å². The zero-order chi connectivity index (χ0) is 11.4. The maximum Gasteiger partial charge on any atom is 0.252 e. The average molecular weight is 221 g/mol. The molecule has 1 N–H and O–H groups in total. The van der Waals surface area contributed by atoms with Crippen LogP contribution < -0.4 is 10.5 Å². The molecule has 2 heterocycles. The van der Waals surface area contributed by atoms with E-state index >= 15 is 0 Å². The van der Waals surface area contributed by atoms with Gasteiger partial charge in [-0.15, -0.1) is 0 Å². The Labute approximate surface area is 95.7 Å². The predicted molar refractivity (Wildman–Crippen MR) is 64.9 cm³/mol. The molecule has 0 unspecified atom stereocenters. The van der Waals surface area contributed by atoms with Gasteiger partial charge in [0.2, 0.25) is 5.95 Å². The van der Waals surface area contributed by atoms with Crippen LogP contribution >= 0.6 is 0 Å². The zero-order valence-corrected chi connectivity index (χ0v) is 9.83. The Hall–Kier alpha value is -1.32. The minimum absolute atomic E-state index is 0.0360. The van der Waals surface area contributed by atoms with Gasteiger partial charge in [0.25, 0.3) is 5.56 Å². The largest absolute Gasteiger partial charge is 0.342 e. The van der Waals surface area contributed by atoms with Gasteiger partial charge in [-0.3, -0.25) is 9.78 Å². The van der Waals surface area contributed by atoms with Gasteiger partial charge in [-0.05, 0) is 19.3 Å². The van der Waals surface area contributed by atoms with Crippen LogP contribution in [0.25, 0.3) is 0 Å². The second-order valence-electron chi connectivity index (χ2n) is 4.32. The van der Waals surface area contributed by atoms with E-state index in [4.69, 9.17) is 0 Å². The van der Waals surface area contributed by atoms with Crippen molar-refractivity contribution >= 4 is 5.95 Å². The molecule has 0 bridgehead atoms. The van der Waals surface area contributed by atoms with Crippen molar-refractivity contribution in [2.75, 3.05) is 18.0 Å². The normalized spacial score (nSPS) is 17.2. The van der Waals surface area contributed by atoms with Gasteiger partial charge >= 0.3 is 0 Å². The van der Waals surface area contributed by atoms with E-state index in [-0.39, 0.29) is 5.56 Å². The second-order valence-corrected chi connectivity index (χ2v) is 4.32. The third-order valence-corrected chi connectivity index (χ3v) is 3.05. The number of rotatable bonds is 2. The van der Waals surface area contributed by atoms with Gasteiger partial charge < -0.3 is 4.90 Å². The smallest absolute Gasteiger partial charge is 0.252 e. The summed E-state index contributed by atoms with van der Waals surface area (Å²) in [6.45, 7) is 4.04. The number of aromatic amines is 1. The van der Waals surface area contributed by atoms with E-state index in [0.717, 1.165) is 31.2 Å². The quantitative estimate of drug-likeness (QED) is 0.827. The molecule has 1 fully saturated rings. The Bertz CT molecular complexity index is 391. The van der Waals surface area contributed by atoms with E-state index in [0.29, 0.717) is 0 Å². The maximum atomic E-state index is 11.5. The highest BCUT2D eigenvalue weighted by Crippen LogP contribution is 2.14. The highest BCUT2D eigenvalue weighted by atomic mass is 16.1. The summed E-state index contributed by atoms with van der Waals surface area (Å²) in [6, 6.07) is 1.58. The van der Waals surface area contributed by atoms with Gasteiger partial charge in [-0.2, -0.15) is 0 Å². The number of aromatic nitrogens is 2. The number of anilines is 1. The summed E-state index contributed by atoms with van der Waals surface area (Å²) in [7, 11) is 0. The molecule has 16 heavy (non-hydrogen) atoms. The number of aryl methyl sites for hydroxylation is 1. The van der Waals surface area contributed by atoms with Crippen LogP contribution in [-0.4, -0.2) is 23.1 Å². The SMILES string of the molecule is CCc1cc(=O)[nH]c(N2CCCCCC2)n1.